The van der Waals surface area contributed by atoms with Crippen molar-refractivity contribution in [3.63, 3.8) is 0 Å². The van der Waals surface area contributed by atoms with E-state index in [4.69, 9.17) is 9.47 Å². The molecule has 4 rings (SSSR count). The van der Waals surface area contributed by atoms with Gasteiger partial charge in [0.25, 0.3) is 5.91 Å². The Kier molecular flexibility index (Phi) is 6.51. The first-order chi connectivity index (χ1) is 15.3. The lowest BCUT2D eigenvalue weighted by Crippen LogP contribution is -2.45. The molecule has 0 N–H and O–H groups in total. The first kappa shape index (κ1) is 22.3. The molecule has 1 unspecified atom stereocenters. The third kappa shape index (κ3) is 4.80. The van der Waals surface area contributed by atoms with Gasteiger partial charge < -0.3 is 19.3 Å². The molecule has 2 heterocycles. The number of benzene rings is 2. The number of rotatable bonds is 4. The number of hydrogen-bond donors (Lipinski definition) is 0. The van der Waals surface area contributed by atoms with E-state index in [1.165, 1.54) is 5.56 Å². The lowest BCUT2D eigenvalue weighted by atomic mass is 9.85. The SMILES string of the molecule is CC(C)(C)C(=O)N1CCc2ccc(OCC(=O)N3CCOCC3)cc2C1c1ccccc1. The van der Waals surface area contributed by atoms with Gasteiger partial charge in [0.15, 0.2) is 6.61 Å². The molecule has 2 amide bonds. The predicted octanol–water partition coefficient (Wildman–Crippen LogP) is 3.44. The molecule has 6 heteroatoms. The van der Waals surface area contributed by atoms with Gasteiger partial charge in [-0.3, -0.25) is 9.59 Å². The van der Waals surface area contributed by atoms with Crippen molar-refractivity contribution >= 4 is 11.8 Å². The molecule has 1 atom stereocenters. The molecule has 0 bridgehead atoms. The van der Waals surface area contributed by atoms with Crippen molar-refractivity contribution in [1.29, 1.82) is 0 Å². The number of carbonyl (C=O) groups is 2. The van der Waals surface area contributed by atoms with Gasteiger partial charge in [0.2, 0.25) is 5.91 Å². The van der Waals surface area contributed by atoms with Gasteiger partial charge in [0.05, 0.1) is 19.3 Å². The van der Waals surface area contributed by atoms with Gasteiger partial charge in [-0.15, -0.1) is 0 Å². The molecule has 0 radical (unpaired) electrons. The van der Waals surface area contributed by atoms with Crippen LogP contribution >= 0.6 is 0 Å². The van der Waals surface area contributed by atoms with Gasteiger partial charge in [-0.1, -0.05) is 57.2 Å². The molecule has 32 heavy (non-hydrogen) atoms. The van der Waals surface area contributed by atoms with Crippen LogP contribution in [0.3, 0.4) is 0 Å². The fraction of sp³-hybridized carbons (Fsp3) is 0.462. The third-order valence-corrected chi connectivity index (χ3v) is 6.09. The molecule has 6 nitrogen and oxygen atoms in total. The quantitative estimate of drug-likeness (QED) is 0.737. The van der Waals surface area contributed by atoms with Gasteiger partial charge in [-0.2, -0.15) is 0 Å². The van der Waals surface area contributed by atoms with Crippen molar-refractivity contribution in [3.8, 4) is 5.75 Å². The number of carbonyl (C=O) groups excluding carboxylic acids is 2. The first-order valence-corrected chi connectivity index (χ1v) is 11.3. The van der Waals surface area contributed by atoms with Crippen molar-refractivity contribution < 1.29 is 19.1 Å². The van der Waals surface area contributed by atoms with Crippen LogP contribution < -0.4 is 4.74 Å². The zero-order chi connectivity index (χ0) is 22.7. The van der Waals surface area contributed by atoms with Crippen LogP contribution in [0.1, 0.15) is 43.5 Å². The van der Waals surface area contributed by atoms with E-state index in [0.717, 1.165) is 17.5 Å². The van der Waals surface area contributed by atoms with Crippen molar-refractivity contribution in [2.24, 2.45) is 5.41 Å². The largest absolute Gasteiger partial charge is 0.484 e. The summed E-state index contributed by atoms with van der Waals surface area (Å²) in [4.78, 5) is 29.6. The normalized spacial score (nSPS) is 18.8. The summed E-state index contributed by atoms with van der Waals surface area (Å²) < 4.78 is 11.2. The maximum absolute atomic E-state index is 13.3. The summed E-state index contributed by atoms with van der Waals surface area (Å²) >= 11 is 0. The summed E-state index contributed by atoms with van der Waals surface area (Å²) in [5, 5.41) is 0. The van der Waals surface area contributed by atoms with E-state index in [0.29, 0.717) is 38.6 Å². The molecule has 2 aromatic carbocycles. The van der Waals surface area contributed by atoms with Gasteiger partial charge in [0.1, 0.15) is 5.75 Å². The lowest BCUT2D eigenvalue weighted by Gasteiger charge is -2.41. The minimum Gasteiger partial charge on any atom is -0.484 e. The molecule has 0 aliphatic carbocycles. The lowest BCUT2D eigenvalue weighted by molar-refractivity contribution is -0.141. The van der Waals surface area contributed by atoms with Crippen LogP contribution in [0.15, 0.2) is 48.5 Å². The van der Waals surface area contributed by atoms with Crippen LogP contribution in [0.4, 0.5) is 0 Å². The third-order valence-electron chi connectivity index (χ3n) is 6.09. The van der Waals surface area contributed by atoms with Crippen LogP contribution in [-0.2, 0) is 20.7 Å². The summed E-state index contributed by atoms with van der Waals surface area (Å²) in [5.41, 5.74) is 2.89. The number of morpholine rings is 1. The highest BCUT2D eigenvalue weighted by atomic mass is 16.5. The number of ether oxygens (including phenoxy) is 2. The van der Waals surface area contributed by atoms with E-state index < -0.39 is 5.41 Å². The fourth-order valence-corrected chi connectivity index (χ4v) is 4.38. The molecule has 0 spiro atoms. The van der Waals surface area contributed by atoms with Gasteiger partial charge in [0, 0.05) is 25.0 Å². The Labute approximate surface area is 190 Å². The van der Waals surface area contributed by atoms with Gasteiger partial charge in [-0.25, -0.2) is 0 Å². The zero-order valence-corrected chi connectivity index (χ0v) is 19.2. The Hall–Kier alpha value is -2.86. The molecule has 0 saturated carbocycles. The maximum Gasteiger partial charge on any atom is 0.260 e. The minimum absolute atomic E-state index is 0.000569. The maximum atomic E-state index is 13.3. The van der Waals surface area contributed by atoms with Crippen LogP contribution in [0.25, 0.3) is 0 Å². The molecular formula is C26H32N2O4. The Morgan fingerprint density at radius 3 is 2.44 bits per heavy atom. The number of amides is 2. The summed E-state index contributed by atoms with van der Waals surface area (Å²) in [7, 11) is 0. The summed E-state index contributed by atoms with van der Waals surface area (Å²) in [5.74, 6) is 0.748. The smallest absolute Gasteiger partial charge is 0.260 e. The molecule has 2 aromatic rings. The van der Waals surface area contributed by atoms with E-state index in [1.54, 1.807) is 4.90 Å². The van der Waals surface area contributed by atoms with Crippen molar-refractivity contribution in [3.05, 3.63) is 65.2 Å². The summed E-state index contributed by atoms with van der Waals surface area (Å²) in [6.07, 6.45) is 0.799. The topological polar surface area (TPSA) is 59.1 Å². The average Bonchev–Trinajstić information content (AvgIpc) is 2.81. The van der Waals surface area contributed by atoms with Crippen molar-refractivity contribution in [2.75, 3.05) is 39.5 Å². The monoisotopic (exact) mass is 436 g/mol. The second-order valence-corrected chi connectivity index (χ2v) is 9.45. The first-order valence-electron chi connectivity index (χ1n) is 11.3. The second kappa shape index (κ2) is 9.33. The van der Waals surface area contributed by atoms with E-state index in [1.807, 2.05) is 56.0 Å². The molecule has 2 aliphatic heterocycles. The van der Waals surface area contributed by atoms with E-state index in [-0.39, 0.29) is 24.5 Å². The van der Waals surface area contributed by atoms with Crippen LogP contribution in [0, 0.1) is 5.41 Å². The van der Waals surface area contributed by atoms with Crippen molar-refractivity contribution in [1.82, 2.24) is 9.80 Å². The predicted molar refractivity (Wildman–Crippen MR) is 122 cm³/mol. The number of hydrogen-bond acceptors (Lipinski definition) is 4. The molecule has 170 valence electrons. The Bertz CT molecular complexity index is 962. The highest BCUT2D eigenvalue weighted by molar-refractivity contribution is 5.83. The Morgan fingerprint density at radius 2 is 1.75 bits per heavy atom. The summed E-state index contributed by atoms with van der Waals surface area (Å²) in [6.45, 7) is 8.91. The Morgan fingerprint density at radius 1 is 1.03 bits per heavy atom. The second-order valence-electron chi connectivity index (χ2n) is 9.45. The summed E-state index contributed by atoms with van der Waals surface area (Å²) in [6, 6.07) is 16.0. The van der Waals surface area contributed by atoms with Crippen LogP contribution in [-0.4, -0.2) is 61.1 Å². The minimum atomic E-state index is -0.469. The molecule has 1 fully saturated rings. The standard InChI is InChI=1S/C26H32N2O4/c1-26(2,3)25(30)28-12-11-19-9-10-21(32-18-23(29)27-13-15-31-16-14-27)17-22(19)24(28)20-7-5-4-6-8-20/h4-10,17,24H,11-16,18H2,1-3H3. The van der Waals surface area contributed by atoms with E-state index in [9.17, 15) is 9.59 Å². The molecule has 0 aromatic heterocycles. The van der Waals surface area contributed by atoms with Crippen LogP contribution in [0.5, 0.6) is 5.75 Å². The molecular weight excluding hydrogens is 404 g/mol. The highest BCUT2D eigenvalue weighted by Gasteiger charge is 2.37. The van der Waals surface area contributed by atoms with E-state index in [2.05, 4.69) is 18.2 Å². The fourth-order valence-electron chi connectivity index (χ4n) is 4.38. The van der Waals surface area contributed by atoms with E-state index >= 15 is 0 Å². The molecule has 2 aliphatic rings. The number of fused-ring (bicyclic) bond motifs is 1. The Balaban J connectivity index is 1.60. The number of nitrogens with zero attached hydrogens (tertiary/aromatic N) is 2. The highest BCUT2D eigenvalue weighted by Crippen LogP contribution is 2.39. The van der Waals surface area contributed by atoms with Crippen LogP contribution in [0.2, 0.25) is 0 Å². The average molecular weight is 437 g/mol. The van der Waals surface area contributed by atoms with Crippen molar-refractivity contribution in [2.45, 2.75) is 33.2 Å². The van der Waals surface area contributed by atoms with Gasteiger partial charge >= 0.3 is 0 Å². The molecule has 1 saturated heterocycles. The zero-order valence-electron chi connectivity index (χ0n) is 19.2. The van der Waals surface area contributed by atoms with Gasteiger partial charge in [-0.05, 0) is 35.2 Å².